The number of carbonyl (C=O) groups is 1. The van der Waals surface area contributed by atoms with Crippen molar-refractivity contribution in [2.75, 3.05) is 11.8 Å². The summed E-state index contributed by atoms with van der Waals surface area (Å²) in [6.07, 6.45) is 0.960. The van der Waals surface area contributed by atoms with Crippen molar-refractivity contribution in [3.05, 3.63) is 89.5 Å². The Morgan fingerprint density at radius 3 is 2.31 bits per heavy atom. The van der Waals surface area contributed by atoms with Crippen LogP contribution >= 0.6 is 0 Å². The van der Waals surface area contributed by atoms with Crippen molar-refractivity contribution in [1.29, 1.82) is 0 Å². The molecular formula is C22H21NO5S. The highest BCUT2D eigenvalue weighted by Gasteiger charge is 2.17. The van der Waals surface area contributed by atoms with Gasteiger partial charge in [-0.15, -0.1) is 0 Å². The maximum atomic E-state index is 12.8. The lowest BCUT2D eigenvalue weighted by Crippen LogP contribution is -2.14. The van der Waals surface area contributed by atoms with Crippen molar-refractivity contribution < 1.29 is 23.1 Å². The molecule has 0 radical (unpaired) electrons. The zero-order chi connectivity index (χ0) is 20.9. The Hall–Kier alpha value is -3.32. The number of anilines is 1. The summed E-state index contributed by atoms with van der Waals surface area (Å²) in [6, 6.07) is 20.1. The molecule has 3 aromatic carbocycles. The van der Waals surface area contributed by atoms with Gasteiger partial charge in [0.1, 0.15) is 5.75 Å². The van der Waals surface area contributed by atoms with E-state index in [1.165, 1.54) is 19.2 Å². The minimum atomic E-state index is -3.80. The van der Waals surface area contributed by atoms with Crippen LogP contribution in [-0.2, 0) is 22.9 Å². The molecule has 150 valence electrons. The molecule has 0 fully saturated rings. The van der Waals surface area contributed by atoms with E-state index in [0.717, 1.165) is 5.56 Å². The molecule has 0 aliphatic carbocycles. The van der Waals surface area contributed by atoms with Crippen molar-refractivity contribution in [3.63, 3.8) is 0 Å². The minimum absolute atomic E-state index is 0.0999. The van der Waals surface area contributed by atoms with E-state index in [4.69, 9.17) is 4.74 Å². The molecule has 6 nitrogen and oxygen atoms in total. The summed E-state index contributed by atoms with van der Waals surface area (Å²) in [7, 11) is -2.32. The first-order chi connectivity index (χ1) is 13.9. The maximum Gasteiger partial charge on any atom is 0.335 e. The molecular weight excluding hydrogens is 390 g/mol. The fourth-order valence-corrected chi connectivity index (χ4v) is 4.16. The zero-order valence-corrected chi connectivity index (χ0v) is 16.6. The first-order valence-electron chi connectivity index (χ1n) is 8.96. The normalized spacial score (nSPS) is 11.1. The lowest BCUT2D eigenvalue weighted by Gasteiger charge is -2.14. The van der Waals surface area contributed by atoms with Crippen LogP contribution in [0, 0.1) is 0 Å². The van der Waals surface area contributed by atoms with Crippen LogP contribution in [0.25, 0.3) is 0 Å². The van der Waals surface area contributed by atoms with E-state index >= 15 is 0 Å². The third kappa shape index (κ3) is 4.94. The van der Waals surface area contributed by atoms with Gasteiger partial charge in [-0.1, -0.05) is 42.5 Å². The maximum absolute atomic E-state index is 12.8. The lowest BCUT2D eigenvalue weighted by atomic mass is 9.99. The number of carboxylic acids is 1. The topological polar surface area (TPSA) is 92.7 Å². The van der Waals surface area contributed by atoms with E-state index < -0.39 is 16.0 Å². The third-order valence-electron chi connectivity index (χ3n) is 4.52. The van der Waals surface area contributed by atoms with E-state index in [1.54, 1.807) is 48.5 Å². The second-order valence-corrected chi connectivity index (χ2v) is 8.09. The van der Waals surface area contributed by atoms with E-state index in [-0.39, 0.29) is 10.5 Å². The quantitative estimate of drug-likeness (QED) is 0.585. The predicted molar refractivity (Wildman–Crippen MR) is 111 cm³/mol. The number of aromatic carboxylic acids is 1. The molecule has 0 aliphatic rings. The Morgan fingerprint density at radius 2 is 1.59 bits per heavy atom. The van der Waals surface area contributed by atoms with Gasteiger partial charge in [-0.25, -0.2) is 13.2 Å². The molecule has 7 heteroatoms. The minimum Gasteiger partial charge on any atom is -0.497 e. The second kappa shape index (κ2) is 8.79. The number of methoxy groups -OCH3 is 1. The van der Waals surface area contributed by atoms with Gasteiger partial charge in [-0.05, 0) is 48.2 Å². The molecule has 3 aromatic rings. The van der Waals surface area contributed by atoms with E-state index in [1.807, 2.05) is 12.1 Å². The molecule has 2 N–H and O–H groups in total. The Balaban J connectivity index is 1.83. The van der Waals surface area contributed by atoms with Crippen molar-refractivity contribution in [1.82, 2.24) is 0 Å². The summed E-state index contributed by atoms with van der Waals surface area (Å²) in [5.41, 5.74) is 2.19. The van der Waals surface area contributed by atoms with Crippen LogP contribution < -0.4 is 9.46 Å². The number of carboxylic acid groups (broad SMARTS) is 1. The van der Waals surface area contributed by atoms with E-state index in [9.17, 15) is 18.3 Å². The fraction of sp³-hybridized carbons (Fsp3) is 0.136. The summed E-state index contributed by atoms with van der Waals surface area (Å²) in [4.78, 5) is 11.5. The van der Waals surface area contributed by atoms with Crippen LogP contribution in [0.4, 0.5) is 5.69 Å². The Bertz CT molecular complexity index is 1130. The first-order valence-corrected chi connectivity index (χ1v) is 10.4. The zero-order valence-electron chi connectivity index (χ0n) is 15.8. The van der Waals surface area contributed by atoms with Gasteiger partial charge in [-0.2, -0.15) is 0 Å². The van der Waals surface area contributed by atoms with Crippen molar-refractivity contribution in [2.45, 2.75) is 17.7 Å². The first kappa shape index (κ1) is 20.4. The molecule has 29 heavy (non-hydrogen) atoms. The summed E-state index contributed by atoms with van der Waals surface area (Å²) in [5, 5.41) is 9.34. The van der Waals surface area contributed by atoms with Crippen molar-refractivity contribution in [2.24, 2.45) is 0 Å². The molecule has 0 saturated carbocycles. The number of nitrogens with one attached hydrogen (secondary N) is 1. The number of hydrogen-bond donors (Lipinski definition) is 2. The molecule has 0 atom stereocenters. The van der Waals surface area contributed by atoms with Crippen LogP contribution in [-0.4, -0.2) is 26.6 Å². The number of hydrogen-bond acceptors (Lipinski definition) is 4. The molecule has 0 saturated heterocycles. The van der Waals surface area contributed by atoms with Gasteiger partial charge < -0.3 is 9.84 Å². The van der Waals surface area contributed by atoms with Gasteiger partial charge >= 0.3 is 5.97 Å². The highest BCUT2D eigenvalue weighted by Crippen LogP contribution is 2.24. The molecule has 0 amide bonds. The monoisotopic (exact) mass is 411 g/mol. The van der Waals surface area contributed by atoms with E-state index in [0.29, 0.717) is 29.8 Å². The van der Waals surface area contributed by atoms with Gasteiger partial charge in [0, 0.05) is 6.07 Å². The highest BCUT2D eigenvalue weighted by atomic mass is 32.2. The average molecular weight is 411 g/mol. The number of sulfonamides is 1. The summed E-state index contributed by atoms with van der Waals surface area (Å²) in [5.74, 6) is -0.529. The fourth-order valence-electron chi connectivity index (χ4n) is 3.03. The summed E-state index contributed by atoms with van der Waals surface area (Å²) >= 11 is 0. The third-order valence-corrected chi connectivity index (χ3v) is 5.89. The number of ether oxygens (including phenoxy) is 1. The van der Waals surface area contributed by atoms with E-state index in [2.05, 4.69) is 4.72 Å². The van der Waals surface area contributed by atoms with Crippen molar-refractivity contribution >= 4 is 21.7 Å². The van der Waals surface area contributed by atoms with Gasteiger partial charge in [0.05, 0.1) is 23.3 Å². The van der Waals surface area contributed by atoms with Crippen molar-refractivity contribution in [3.8, 4) is 5.75 Å². The standard InChI is InChI=1S/C22H21NO5S/c1-28-18-9-6-10-19(15-18)29(26,27)23-21-12-5-3-8-17(21)14-13-16-7-2-4-11-20(16)22(24)25/h2-12,15,23H,13-14H2,1H3,(H,24,25). The smallest absolute Gasteiger partial charge is 0.335 e. The van der Waals surface area contributed by atoms with Crippen LogP contribution in [0.3, 0.4) is 0 Å². The molecule has 0 spiro atoms. The van der Waals surface area contributed by atoms with Gasteiger partial charge in [0.25, 0.3) is 10.0 Å². The second-order valence-electron chi connectivity index (χ2n) is 6.40. The van der Waals surface area contributed by atoms with Crippen LogP contribution in [0.15, 0.2) is 77.7 Å². The SMILES string of the molecule is COc1cccc(S(=O)(=O)Nc2ccccc2CCc2ccccc2C(=O)O)c1. The molecule has 0 aromatic heterocycles. The Labute approximate surface area is 169 Å². The molecule has 0 heterocycles. The Morgan fingerprint density at radius 1 is 0.931 bits per heavy atom. The summed E-state index contributed by atoms with van der Waals surface area (Å²) in [6.45, 7) is 0. The number of para-hydroxylation sites is 1. The number of rotatable bonds is 8. The largest absolute Gasteiger partial charge is 0.497 e. The van der Waals surface area contributed by atoms with Crippen LogP contribution in [0.1, 0.15) is 21.5 Å². The molecule has 0 unspecified atom stereocenters. The van der Waals surface area contributed by atoms with Gasteiger partial charge in [0.2, 0.25) is 0 Å². The van der Waals surface area contributed by atoms with Gasteiger partial charge in [0.15, 0.2) is 0 Å². The highest BCUT2D eigenvalue weighted by molar-refractivity contribution is 7.92. The van der Waals surface area contributed by atoms with Gasteiger partial charge in [-0.3, -0.25) is 4.72 Å². The Kier molecular flexibility index (Phi) is 6.19. The molecule has 0 aliphatic heterocycles. The number of benzene rings is 3. The average Bonchev–Trinajstić information content (AvgIpc) is 2.73. The number of aryl methyl sites for hydroxylation is 2. The molecule has 3 rings (SSSR count). The molecule has 0 bridgehead atoms. The summed E-state index contributed by atoms with van der Waals surface area (Å²) < 4.78 is 33.3. The van der Waals surface area contributed by atoms with Crippen LogP contribution in [0.2, 0.25) is 0 Å². The van der Waals surface area contributed by atoms with Crippen LogP contribution in [0.5, 0.6) is 5.75 Å². The lowest BCUT2D eigenvalue weighted by molar-refractivity contribution is 0.0695. The predicted octanol–water partition coefficient (Wildman–Crippen LogP) is 3.98.